The van der Waals surface area contributed by atoms with Gasteiger partial charge in [0, 0.05) is 24.3 Å². The number of urea groups is 1. The van der Waals surface area contributed by atoms with Crippen molar-refractivity contribution in [2.45, 2.75) is 32.4 Å². The molecule has 0 spiro atoms. The Hall–Kier alpha value is -1.78. The van der Waals surface area contributed by atoms with Crippen LogP contribution in [0.2, 0.25) is 0 Å². The van der Waals surface area contributed by atoms with E-state index in [-0.39, 0.29) is 6.03 Å². The van der Waals surface area contributed by atoms with Gasteiger partial charge in [0.05, 0.1) is 6.61 Å². The van der Waals surface area contributed by atoms with Gasteiger partial charge in [0.15, 0.2) is 0 Å². The Morgan fingerprint density at radius 1 is 1.59 bits per heavy atom. The summed E-state index contributed by atoms with van der Waals surface area (Å²) in [5, 5.41) is 5.66. The highest BCUT2D eigenvalue weighted by Gasteiger charge is 2.23. The summed E-state index contributed by atoms with van der Waals surface area (Å²) in [4.78, 5) is 15.6. The number of rotatable bonds is 5. The summed E-state index contributed by atoms with van der Waals surface area (Å²) in [5.41, 5.74) is 0.889. The van der Waals surface area contributed by atoms with Crippen molar-refractivity contribution in [3.05, 3.63) is 23.9 Å². The van der Waals surface area contributed by atoms with Crippen molar-refractivity contribution in [1.29, 1.82) is 0 Å². The lowest BCUT2D eigenvalue weighted by Gasteiger charge is -2.10. The number of hydrogen-bond donors (Lipinski definition) is 2. The van der Waals surface area contributed by atoms with Crippen LogP contribution in [-0.2, 0) is 6.54 Å². The molecule has 17 heavy (non-hydrogen) atoms. The first-order chi connectivity index (χ1) is 8.29. The lowest BCUT2D eigenvalue weighted by Crippen LogP contribution is -2.36. The first-order valence-corrected chi connectivity index (χ1v) is 5.90. The summed E-state index contributed by atoms with van der Waals surface area (Å²) in [6, 6.07) is 3.97. The van der Waals surface area contributed by atoms with Crippen LogP contribution in [0.4, 0.5) is 4.79 Å². The van der Waals surface area contributed by atoms with E-state index in [2.05, 4.69) is 15.6 Å². The summed E-state index contributed by atoms with van der Waals surface area (Å²) < 4.78 is 5.38. The third-order valence-corrected chi connectivity index (χ3v) is 2.48. The predicted molar refractivity (Wildman–Crippen MR) is 63.8 cm³/mol. The summed E-state index contributed by atoms with van der Waals surface area (Å²) in [6.07, 6.45) is 3.85. The van der Waals surface area contributed by atoms with Gasteiger partial charge >= 0.3 is 6.03 Å². The third-order valence-electron chi connectivity index (χ3n) is 2.48. The number of nitrogens with one attached hydrogen (secondary N) is 2. The largest absolute Gasteiger partial charge is 0.478 e. The average molecular weight is 235 g/mol. The molecule has 1 aliphatic carbocycles. The van der Waals surface area contributed by atoms with Gasteiger partial charge in [-0.25, -0.2) is 9.78 Å². The molecule has 5 nitrogen and oxygen atoms in total. The lowest BCUT2D eigenvalue weighted by molar-refractivity contribution is 0.240. The van der Waals surface area contributed by atoms with Crippen LogP contribution in [0.3, 0.4) is 0 Å². The predicted octanol–water partition coefficient (Wildman–Crippen LogP) is 1.44. The number of nitrogens with zero attached hydrogens (tertiary/aromatic N) is 1. The number of aromatic nitrogens is 1. The van der Waals surface area contributed by atoms with Crippen molar-refractivity contribution in [3.8, 4) is 5.88 Å². The molecule has 5 heteroatoms. The zero-order valence-electron chi connectivity index (χ0n) is 9.90. The number of carbonyl (C=O) groups is 1. The normalized spacial score (nSPS) is 14.2. The zero-order valence-corrected chi connectivity index (χ0v) is 9.90. The minimum atomic E-state index is -0.126. The van der Waals surface area contributed by atoms with E-state index in [1.165, 1.54) is 0 Å². The van der Waals surface area contributed by atoms with Crippen LogP contribution in [0, 0.1) is 0 Å². The van der Waals surface area contributed by atoms with E-state index >= 15 is 0 Å². The van der Waals surface area contributed by atoms with Crippen LogP contribution in [0.5, 0.6) is 5.88 Å². The maximum Gasteiger partial charge on any atom is 0.315 e. The molecule has 0 radical (unpaired) electrons. The lowest BCUT2D eigenvalue weighted by atomic mass is 10.2. The molecule has 1 heterocycles. The third kappa shape index (κ3) is 3.62. The van der Waals surface area contributed by atoms with Gasteiger partial charge in [-0.15, -0.1) is 0 Å². The fraction of sp³-hybridized carbons (Fsp3) is 0.500. The fourth-order valence-corrected chi connectivity index (χ4v) is 1.46. The van der Waals surface area contributed by atoms with Crippen molar-refractivity contribution in [2.75, 3.05) is 6.61 Å². The monoisotopic (exact) mass is 235 g/mol. The Morgan fingerprint density at radius 3 is 3.12 bits per heavy atom. The maximum absolute atomic E-state index is 11.5. The van der Waals surface area contributed by atoms with Crippen LogP contribution < -0.4 is 15.4 Å². The van der Waals surface area contributed by atoms with Crippen molar-refractivity contribution in [2.24, 2.45) is 0 Å². The van der Waals surface area contributed by atoms with Gasteiger partial charge < -0.3 is 15.4 Å². The molecule has 1 fully saturated rings. The molecule has 1 aliphatic rings. The van der Waals surface area contributed by atoms with Crippen LogP contribution in [-0.4, -0.2) is 23.7 Å². The van der Waals surface area contributed by atoms with Gasteiger partial charge in [-0.1, -0.05) is 6.07 Å². The molecular formula is C12H17N3O2. The molecule has 2 rings (SSSR count). The van der Waals surface area contributed by atoms with E-state index in [1.807, 2.05) is 19.1 Å². The standard InChI is InChI=1S/C12H17N3O2/c1-2-17-11-9(4-3-7-13-11)8-14-12(16)15-10-5-6-10/h3-4,7,10H,2,5-6,8H2,1H3,(H2,14,15,16). The van der Waals surface area contributed by atoms with Crippen LogP contribution >= 0.6 is 0 Å². The number of ether oxygens (including phenoxy) is 1. The number of hydrogen-bond acceptors (Lipinski definition) is 3. The summed E-state index contributed by atoms with van der Waals surface area (Å²) in [5.74, 6) is 0.585. The first kappa shape index (κ1) is 11.7. The molecule has 2 amide bonds. The van der Waals surface area contributed by atoms with E-state index in [4.69, 9.17) is 4.74 Å². The van der Waals surface area contributed by atoms with Crippen LogP contribution in [0.25, 0.3) is 0 Å². The van der Waals surface area contributed by atoms with E-state index in [0.717, 1.165) is 18.4 Å². The maximum atomic E-state index is 11.5. The van der Waals surface area contributed by atoms with Gasteiger partial charge in [-0.2, -0.15) is 0 Å². The van der Waals surface area contributed by atoms with Crippen molar-refractivity contribution in [3.63, 3.8) is 0 Å². The molecule has 0 bridgehead atoms. The van der Waals surface area contributed by atoms with E-state index in [9.17, 15) is 4.79 Å². The fourth-order valence-electron chi connectivity index (χ4n) is 1.46. The van der Waals surface area contributed by atoms with E-state index < -0.39 is 0 Å². The molecule has 0 aromatic carbocycles. The van der Waals surface area contributed by atoms with Gasteiger partial charge in [0.1, 0.15) is 0 Å². The Balaban J connectivity index is 1.86. The van der Waals surface area contributed by atoms with Crippen molar-refractivity contribution >= 4 is 6.03 Å². The van der Waals surface area contributed by atoms with Gasteiger partial charge in [0.25, 0.3) is 0 Å². The second kappa shape index (κ2) is 5.52. The van der Waals surface area contributed by atoms with Gasteiger partial charge in [0.2, 0.25) is 5.88 Å². The van der Waals surface area contributed by atoms with E-state index in [0.29, 0.717) is 25.1 Å². The van der Waals surface area contributed by atoms with Gasteiger partial charge in [-0.05, 0) is 25.8 Å². The average Bonchev–Trinajstić information content (AvgIpc) is 3.12. The highest BCUT2D eigenvalue weighted by molar-refractivity contribution is 5.74. The Labute approximate surface area is 101 Å². The second-order valence-corrected chi connectivity index (χ2v) is 4.00. The number of carbonyl (C=O) groups excluding carboxylic acids is 1. The Morgan fingerprint density at radius 2 is 2.41 bits per heavy atom. The Bertz CT molecular complexity index is 391. The van der Waals surface area contributed by atoms with Crippen LogP contribution in [0.1, 0.15) is 25.3 Å². The molecule has 0 saturated heterocycles. The molecule has 1 saturated carbocycles. The van der Waals surface area contributed by atoms with Gasteiger partial charge in [-0.3, -0.25) is 0 Å². The van der Waals surface area contributed by atoms with Crippen molar-refractivity contribution < 1.29 is 9.53 Å². The minimum Gasteiger partial charge on any atom is -0.478 e. The Kier molecular flexibility index (Phi) is 3.80. The quantitative estimate of drug-likeness (QED) is 0.811. The highest BCUT2D eigenvalue weighted by atomic mass is 16.5. The number of pyridine rings is 1. The summed E-state index contributed by atoms with van der Waals surface area (Å²) in [6.45, 7) is 2.91. The summed E-state index contributed by atoms with van der Waals surface area (Å²) in [7, 11) is 0. The van der Waals surface area contributed by atoms with E-state index in [1.54, 1.807) is 6.20 Å². The topological polar surface area (TPSA) is 63.2 Å². The van der Waals surface area contributed by atoms with Crippen LogP contribution in [0.15, 0.2) is 18.3 Å². The minimum absolute atomic E-state index is 0.126. The summed E-state index contributed by atoms with van der Waals surface area (Å²) >= 11 is 0. The molecule has 0 atom stereocenters. The number of amides is 2. The van der Waals surface area contributed by atoms with Crippen molar-refractivity contribution in [1.82, 2.24) is 15.6 Å². The molecular weight excluding hydrogens is 218 g/mol. The molecule has 2 N–H and O–H groups in total. The second-order valence-electron chi connectivity index (χ2n) is 4.00. The molecule has 1 aromatic rings. The molecule has 92 valence electrons. The SMILES string of the molecule is CCOc1ncccc1CNC(=O)NC1CC1. The molecule has 0 aliphatic heterocycles. The smallest absolute Gasteiger partial charge is 0.315 e. The molecule has 0 unspecified atom stereocenters. The highest BCUT2D eigenvalue weighted by Crippen LogP contribution is 2.18. The zero-order chi connectivity index (χ0) is 12.1. The molecule has 1 aromatic heterocycles. The first-order valence-electron chi connectivity index (χ1n) is 5.90.